The van der Waals surface area contributed by atoms with Gasteiger partial charge in [0, 0.05) is 39.3 Å². The van der Waals surface area contributed by atoms with Crippen LogP contribution in [0.3, 0.4) is 0 Å². The Hall–Kier alpha value is -1.90. The van der Waals surface area contributed by atoms with Crippen LogP contribution in [0.4, 0.5) is 10.1 Å². The smallest absolute Gasteiger partial charge is 0.255 e. The van der Waals surface area contributed by atoms with Crippen molar-refractivity contribution in [2.45, 2.75) is 18.2 Å². The fourth-order valence-electron chi connectivity index (χ4n) is 4.63. The molecule has 0 spiro atoms. The van der Waals surface area contributed by atoms with E-state index < -0.39 is 5.82 Å². The molecule has 3 heterocycles. The van der Waals surface area contributed by atoms with Gasteiger partial charge in [0.15, 0.2) is 0 Å². The van der Waals surface area contributed by atoms with Crippen molar-refractivity contribution in [1.29, 1.82) is 0 Å². The fourth-order valence-corrected chi connectivity index (χ4v) is 5.15. The maximum absolute atomic E-state index is 13.5. The Kier molecular flexibility index (Phi) is 6.03. The number of β-amino-alcohol motifs (C(OH)–C–C–N with tert-alkyl or cyclic N) is 1. The number of benzene rings is 2. The highest BCUT2D eigenvalue weighted by Crippen LogP contribution is 2.34. The van der Waals surface area contributed by atoms with Gasteiger partial charge in [-0.05, 0) is 29.8 Å². The number of nitrogens with zero attached hydrogens (tertiary/aromatic N) is 3. The molecule has 3 saturated heterocycles. The van der Waals surface area contributed by atoms with Crippen molar-refractivity contribution >= 4 is 34.8 Å². The Morgan fingerprint density at radius 2 is 1.91 bits per heavy atom. The lowest BCUT2D eigenvalue weighted by Crippen LogP contribution is -2.59. The number of fused-ring (bicyclic) bond motifs is 1. The minimum absolute atomic E-state index is 0.0901. The molecule has 3 fully saturated rings. The zero-order chi connectivity index (χ0) is 22.4. The predicted molar refractivity (Wildman–Crippen MR) is 121 cm³/mol. The van der Waals surface area contributed by atoms with Gasteiger partial charge in [-0.3, -0.25) is 9.69 Å². The summed E-state index contributed by atoms with van der Waals surface area (Å²) in [6.45, 7) is 4.06. The number of amides is 1. The Morgan fingerprint density at radius 3 is 2.66 bits per heavy atom. The van der Waals surface area contributed by atoms with Crippen LogP contribution in [0.15, 0.2) is 36.4 Å². The van der Waals surface area contributed by atoms with E-state index in [4.69, 9.17) is 27.9 Å². The molecule has 2 aromatic rings. The molecule has 170 valence electrons. The number of piperazine rings is 1. The number of rotatable bonds is 3. The van der Waals surface area contributed by atoms with Crippen LogP contribution in [0.5, 0.6) is 0 Å². The quantitative estimate of drug-likeness (QED) is 0.732. The Bertz CT molecular complexity index is 1030. The van der Waals surface area contributed by atoms with Crippen molar-refractivity contribution in [2.24, 2.45) is 0 Å². The van der Waals surface area contributed by atoms with Crippen LogP contribution in [-0.2, 0) is 4.74 Å². The Morgan fingerprint density at radius 1 is 1.09 bits per heavy atom. The number of carbonyl (C=O) groups is 1. The maximum Gasteiger partial charge on any atom is 0.255 e. The van der Waals surface area contributed by atoms with Crippen molar-refractivity contribution in [2.75, 3.05) is 50.8 Å². The molecule has 0 saturated carbocycles. The molecule has 0 unspecified atom stereocenters. The van der Waals surface area contributed by atoms with Crippen molar-refractivity contribution in [1.82, 2.24) is 9.80 Å². The summed E-state index contributed by atoms with van der Waals surface area (Å²) >= 11 is 12.5. The van der Waals surface area contributed by atoms with E-state index in [0.717, 1.165) is 17.8 Å². The number of halogens is 3. The van der Waals surface area contributed by atoms with Gasteiger partial charge in [0.2, 0.25) is 0 Å². The van der Waals surface area contributed by atoms with E-state index in [1.807, 2.05) is 21.9 Å². The molecular formula is C23H24Cl2FN3O3. The molecule has 3 aliphatic rings. The van der Waals surface area contributed by atoms with Gasteiger partial charge in [0.1, 0.15) is 5.82 Å². The predicted octanol–water partition coefficient (Wildman–Crippen LogP) is 3.21. The van der Waals surface area contributed by atoms with Gasteiger partial charge in [-0.2, -0.15) is 0 Å². The molecule has 0 aromatic heterocycles. The normalized spacial score (nSPS) is 24.2. The van der Waals surface area contributed by atoms with E-state index in [-0.39, 0.29) is 29.2 Å². The molecule has 3 aliphatic heterocycles. The number of aliphatic hydroxyl groups excluding tert-OH is 1. The number of hydrogen-bond donors (Lipinski definition) is 1. The van der Waals surface area contributed by atoms with E-state index in [0.29, 0.717) is 49.9 Å². The molecule has 2 aromatic carbocycles. The van der Waals surface area contributed by atoms with Crippen LogP contribution in [0.25, 0.3) is 0 Å². The standard InChI is InChI=1S/C23H24Cl2FN3O3/c24-18-8-14(4-5-19(18)26)21-12-27-6-7-28(9-15(27)13-32-21)23(31)17-2-1-3-20(22(17)25)29-10-16(30)11-29/h1-5,8,15-16,21,30H,6-7,9-13H2/t15-,21-/m0/s1. The highest BCUT2D eigenvalue weighted by atomic mass is 35.5. The van der Waals surface area contributed by atoms with Crippen LogP contribution in [0.2, 0.25) is 10.0 Å². The average Bonchev–Trinajstić information content (AvgIpc) is 2.78. The van der Waals surface area contributed by atoms with Gasteiger partial charge >= 0.3 is 0 Å². The summed E-state index contributed by atoms with van der Waals surface area (Å²) in [4.78, 5) is 19.4. The first kappa shape index (κ1) is 21.9. The third kappa shape index (κ3) is 4.08. The summed E-state index contributed by atoms with van der Waals surface area (Å²) < 4.78 is 19.5. The molecule has 1 amide bonds. The fraction of sp³-hybridized carbons (Fsp3) is 0.435. The third-order valence-electron chi connectivity index (χ3n) is 6.51. The third-order valence-corrected chi connectivity index (χ3v) is 7.20. The SMILES string of the molecule is O=C(c1cccc(N2CC(O)C2)c1Cl)N1CCN2C[C@@H](c3ccc(F)c(Cl)c3)OC[C@@H]2C1. The number of morpholine rings is 1. The lowest BCUT2D eigenvalue weighted by molar-refractivity contribution is -0.0858. The number of anilines is 1. The molecule has 2 atom stereocenters. The van der Waals surface area contributed by atoms with E-state index in [1.54, 1.807) is 18.2 Å². The first-order valence-electron chi connectivity index (χ1n) is 10.7. The van der Waals surface area contributed by atoms with E-state index in [1.165, 1.54) is 6.07 Å². The molecule has 1 N–H and O–H groups in total. The zero-order valence-electron chi connectivity index (χ0n) is 17.4. The van der Waals surface area contributed by atoms with Gasteiger partial charge < -0.3 is 19.6 Å². The van der Waals surface area contributed by atoms with Crippen molar-refractivity contribution in [3.8, 4) is 0 Å². The number of carbonyl (C=O) groups excluding carboxylic acids is 1. The Labute approximate surface area is 196 Å². The second-order valence-corrected chi connectivity index (χ2v) is 9.38. The van der Waals surface area contributed by atoms with Crippen LogP contribution in [-0.4, -0.2) is 78.8 Å². The van der Waals surface area contributed by atoms with Crippen LogP contribution in [0, 0.1) is 5.82 Å². The topological polar surface area (TPSA) is 56.3 Å². The summed E-state index contributed by atoms with van der Waals surface area (Å²) in [5.41, 5.74) is 2.12. The van der Waals surface area contributed by atoms with Crippen molar-refractivity contribution in [3.05, 3.63) is 63.4 Å². The van der Waals surface area contributed by atoms with E-state index >= 15 is 0 Å². The summed E-state index contributed by atoms with van der Waals surface area (Å²) in [5.74, 6) is -0.533. The van der Waals surface area contributed by atoms with Crippen LogP contribution in [0.1, 0.15) is 22.0 Å². The largest absolute Gasteiger partial charge is 0.389 e. The monoisotopic (exact) mass is 479 g/mol. The van der Waals surface area contributed by atoms with E-state index in [2.05, 4.69) is 4.90 Å². The van der Waals surface area contributed by atoms with Crippen molar-refractivity contribution < 1.29 is 19.0 Å². The molecule has 6 nitrogen and oxygen atoms in total. The molecule has 0 radical (unpaired) electrons. The molecular weight excluding hydrogens is 456 g/mol. The molecule has 32 heavy (non-hydrogen) atoms. The van der Waals surface area contributed by atoms with Crippen molar-refractivity contribution in [3.63, 3.8) is 0 Å². The van der Waals surface area contributed by atoms with Crippen LogP contribution >= 0.6 is 23.2 Å². The number of aliphatic hydroxyl groups is 1. The number of ether oxygens (including phenoxy) is 1. The summed E-state index contributed by atoms with van der Waals surface area (Å²) in [6.07, 6.45) is -0.524. The zero-order valence-corrected chi connectivity index (χ0v) is 18.9. The molecule has 9 heteroatoms. The second kappa shape index (κ2) is 8.80. The summed E-state index contributed by atoms with van der Waals surface area (Å²) in [6, 6.07) is 10.2. The minimum Gasteiger partial charge on any atom is -0.389 e. The van der Waals surface area contributed by atoms with Gasteiger partial charge in [0.05, 0.1) is 46.2 Å². The van der Waals surface area contributed by atoms with Gasteiger partial charge in [-0.1, -0.05) is 35.3 Å². The molecule has 5 rings (SSSR count). The lowest BCUT2D eigenvalue weighted by Gasteiger charge is -2.46. The van der Waals surface area contributed by atoms with Crippen LogP contribution < -0.4 is 4.90 Å². The first-order valence-corrected chi connectivity index (χ1v) is 11.5. The highest BCUT2D eigenvalue weighted by Gasteiger charge is 2.36. The van der Waals surface area contributed by atoms with E-state index in [9.17, 15) is 14.3 Å². The lowest BCUT2D eigenvalue weighted by atomic mass is 10.0. The first-order chi connectivity index (χ1) is 15.4. The minimum atomic E-state index is -0.441. The van der Waals surface area contributed by atoms with Gasteiger partial charge in [-0.15, -0.1) is 0 Å². The summed E-state index contributed by atoms with van der Waals surface area (Å²) in [5, 5.41) is 10.1. The maximum atomic E-state index is 13.5. The molecule has 0 aliphatic carbocycles. The van der Waals surface area contributed by atoms with Gasteiger partial charge in [0.25, 0.3) is 5.91 Å². The average molecular weight is 480 g/mol. The summed E-state index contributed by atoms with van der Waals surface area (Å²) in [7, 11) is 0. The molecule has 0 bridgehead atoms. The highest BCUT2D eigenvalue weighted by molar-refractivity contribution is 6.36. The number of hydrogen-bond acceptors (Lipinski definition) is 5. The van der Waals surface area contributed by atoms with Gasteiger partial charge in [-0.25, -0.2) is 4.39 Å². The Balaban J connectivity index is 1.25. The second-order valence-electron chi connectivity index (χ2n) is 8.59.